The zero-order valence-corrected chi connectivity index (χ0v) is 12.9. The van der Waals surface area contributed by atoms with E-state index in [-0.39, 0.29) is 21.7 Å². The van der Waals surface area contributed by atoms with E-state index in [0.29, 0.717) is 13.0 Å². The summed E-state index contributed by atoms with van der Waals surface area (Å²) in [5.74, 6) is -0.377. The number of rotatable bonds is 2. The second-order valence-corrected chi connectivity index (χ2v) is 5.76. The number of halogens is 3. The van der Waals surface area contributed by atoms with Gasteiger partial charge in [-0.15, -0.1) is 0 Å². The Morgan fingerprint density at radius 3 is 2.82 bits per heavy atom. The first kappa shape index (κ1) is 15.1. The highest BCUT2D eigenvalue weighted by Gasteiger charge is 2.24. The average Bonchev–Trinajstić information content (AvgIpc) is 2.51. The Bertz CT molecular complexity index is 736. The van der Waals surface area contributed by atoms with E-state index in [1.54, 1.807) is 0 Å². The first-order valence-electron chi connectivity index (χ1n) is 6.73. The van der Waals surface area contributed by atoms with Gasteiger partial charge in [0.2, 0.25) is 0 Å². The van der Waals surface area contributed by atoms with Crippen molar-refractivity contribution in [2.24, 2.45) is 0 Å². The van der Waals surface area contributed by atoms with E-state index >= 15 is 0 Å². The van der Waals surface area contributed by atoms with Gasteiger partial charge in [-0.3, -0.25) is 4.79 Å². The highest BCUT2D eigenvalue weighted by molar-refractivity contribution is 6.36. The van der Waals surface area contributed by atoms with Crippen LogP contribution >= 0.6 is 23.2 Å². The Morgan fingerprint density at radius 1 is 1.23 bits per heavy atom. The van der Waals surface area contributed by atoms with Crippen LogP contribution in [0.15, 0.2) is 36.4 Å². The molecule has 0 radical (unpaired) electrons. The Balaban J connectivity index is 1.85. The number of ether oxygens (including phenoxy) is 1. The summed E-state index contributed by atoms with van der Waals surface area (Å²) in [7, 11) is 0. The van der Waals surface area contributed by atoms with Crippen molar-refractivity contribution in [2.45, 2.75) is 12.5 Å². The third-order valence-corrected chi connectivity index (χ3v) is 4.12. The van der Waals surface area contributed by atoms with Crippen molar-refractivity contribution in [2.75, 3.05) is 6.61 Å². The number of benzene rings is 2. The highest BCUT2D eigenvalue weighted by atomic mass is 35.5. The maximum atomic E-state index is 13.5. The maximum absolute atomic E-state index is 13.5. The molecule has 22 heavy (non-hydrogen) atoms. The average molecular weight is 340 g/mol. The van der Waals surface area contributed by atoms with Gasteiger partial charge in [0.25, 0.3) is 5.91 Å². The predicted molar refractivity (Wildman–Crippen MR) is 83.2 cm³/mol. The fourth-order valence-electron chi connectivity index (χ4n) is 2.42. The maximum Gasteiger partial charge on any atom is 0.253 e. The molecular weight excluding hydrogens is 328 g/mol. The molecule has 1 heterocycles. The molecule has 1 amide bonds. The molecule has 0 fully saturated rings. The van der Waals surface area contributed by atoms with E-state index in [1.807, 2.05) is 24.3 Å². The topological polar surface area (TPSA) is 38.3 Å². The van der Waals surface area contributed by atoms with Crippen LogP contribution in [-0.4, -0.2) is 12.5 Å². The van der Waals surface area contributed by atoms with Crippen LogP contribution in [0.2, 0.25) is 10.0 Å². The van der Waals surface area contributed by atoms with Gasteiger partial charge in [-0.05, 0) is 18.2 Å². The molecule has 3 rings (SSSR count). The molecule has 2 aromatic rings. The summed E-state index contributed by atoms with van der Waals surface area (Å²) < 4.78 is 19.1. The van der Waals surface area contributed by atoms with E-state index in [1.165, 1.54) is 6.07 Å². The Labute approximate surface area is 137 Å². The molecule has 1 aliphatic heterocycles. The molecule has 0 saturated heterocycles. The van der Waals surface area contributed by atoms with E-state index in [9.17, 15) is 9.18 Å². The van der Waals surface area contributed by atoms with E-state index in [0.717, 1.165) is 17.4 Å². The molecule has 0 saturated carbocycles. The molecule has 1 aliphatic rings. The molecule has 0 aliphatic carbocycles. The number of para-hydroxylation sites is 1. The van der Waals surface area contributed by atoms with Crippen LogP contribution < -0.4 is 10.1 Å². The van der Waals surface area contributed by atoms with E-state index in [4.69, 9.17) is 27.9 Å². The van der Waals surface area contributed by atoms with Gasteiger partial charge in [0.1, 0.15) is 11.6 Å². The van der Waals surface area contributed by atoms with Gasteiger partial charge in [-0.25, -0.2) is 4.39 Å². The Kier molecular flexibility index (Phi) is 4.23. The van der Waals surface area contributed by atoms with Gasteiger partial charge in [-0.1, -0.05) is 41.4 Å². The normalized spacial score (nSPS) is 16.6. The van der Waals surface area contributed by atoms with Crippen LogP contribution in [-0.2, 0) is 0 Å². The number of hydrogen-bond donors (Lipinski definition) is 1. The van der Waals surface area contributed by atoms with E-state index in [2.05, 4.69) is 5.32 Å². The summed E-state index contributed by atoms with van der Waals surface area (Å²) in [6.45, 7) is 0.505. The molecule has 0 aromatic heterocycles. The predicted octanol–water partition coefficient (Wildman–Crippen LogP) is 4.39. The van der Waals surface area contributed by atoms with Crippen molar-refractivity contribution in [3.63, 3.8) is 0 Å². The first-order chi connectivity index (χ1) is 10.6. The van der Waals surface area contributed by atoms with Gasteiger partial charge in [0.05, 0.1) is 28.3 Å². The van der Waals surface area contributed by atoms with Crippen molar-refractivity contribution in [1.29, 1.82) is 0 Å². The number of nitrogens with one attached hydrogen (secondary N) is 1. The lowest BCUT2D eigenvalue weighted by Gasteiger charge is -2.26. The first-order valence-corrected chi connectivity index (χ1v) is 7.49. The third-order valence-electron chi connectivity index (χ3n) is 3.52. The molecule has 0 bridgehead atoms. The lowest BCUT2D eigenvalue weighted by Crippen LogP contribution is -2.32. The van der Waals surface area contributed by atoms with Crippen LogP contribution in [0.25, 0.3) is 0 Å². The second kappa shape index (κ2) is 6.15. The largest absolute Gasteiger partial charge is 0.493 e. The summed E-state index contributed by atoms with van der Waals surface area (Å²) >= 11 is 11.6. The smallest absolute Gasteiger partial charge is 0.253 e. The SMILES string of the molecule is O=C(NC1CCOc2ccccc21)c1cc(F)c(Cl)cc1Cl. The standard InChI is InChI=1S/C16H12Cl2FNO2/c17-11-8-12(18)13(19)7-10(11)16(21)20-14-5-6-22-15-4-2-1-3-9(14)15/h1-4,7-8,14H,5-6H2,(H,20,21). The lowest BCUT2D eigenvalue weighted by atomic mass is 10.00. The number of fused-ring (bicyclic) bond motifs is 1. The monoisotopic (exact) mass is 339 g/mol. The van der Waals surface area contributed by atoms with E-state index < -0.39 is 11.7 Å². The lowest BCUT2D eigenvalue weighted by molar-refractivity contribution is 0.0924. The molecule has 1 unspecified atom stereocenters. The molecule has 1 atom stereocenters. The molecule has 1 N–H and O–H groups in total. The second-order valence-electron chi connectivity index (χ2n) is 4.95. The van der Waals surface area contributed by atoms with Crippen molar-refractivity contribution in [1.82, 2.24) is 5.32 Å². The molecule has 6 heteroatoms. The summed E-state index contributed by atoms with van der Waals surface area (Å²) in [6, 6.07) is 9.56. The summed E-state index contributed by atoms with van der Waals surface area (Å²) in [5, 5.41) is 2.87. The van der Waals surface area contributed by atoms with Crippen LogP contribution in [0.1, 0.15) is 28.4 Å². The van der Waals surface area contributed by atoms with Crippen LogP contribution in [0, 0.1) is 5.82 Å². The number of hydrogen-bond acceptors (Lipinski definition) is 2. The molecular formula is C16H12Cl2FNO2. The summed E-state index contributed by atoms with van der Waals surface area (Å²) in [6.07, 6.45) is 0.635. The molecule has 3 nitrogen and oxygen atoms in total. The van der Waals surface area contributed by atoms with Gasteiger partial charge >= 0.3 is 0 Å². The zero-order chi connectivity index (χ0) is 15.7. The summed E-state index contributed by atoms with van der Waals surface area (Å²) in [5.41, 5.74) is 0.959. The van der Waals surface area contributed by atoms with Gasteiger partial charge in [0, 0.05) is 12.0 Å². The van der Waals surface area contributed by atoms with Gasteiger partial charge in [-0.2, -0.15) is 0 Å². The molecule has 2 aromatic carbocycles. The fraction of sp³-hybridized carbons (Fsp3) is 0.188. The minimum absolute atomic E-state index is 0.0625. The van der Waals surface area contributed by atoms with Gasteiger partial charge in [0.15, 0.2) is 0 Å². The Morgan fingerprint density at radius 2 is 2.00 bits per heavy atom. The van der Waals surface area contributed by atoms with Crippen molar-refractivity contribution >= 4 is 29.1 Å². The minimum Gasteiger partial charge on any atom is -0.493 e. The number of carbonyl (C=O) groups is 1. The molecule has 114 valence electrons. The number of amides is 1. The highest BCUT2D eigenvalue weighted by Crippen LogP contribution is 2.32. The van der Waals surface area contributed by atoms with Crippen molar-refractivity contribution in [3.05, 3.63) is 63.4 Å². The van der Waals surface area contributed by atoms with Crippen LogP contribution in [0.4, 0.5) is 4.39 Å². The van der Waals surface area contributed by atoms with Crippen LogP contribution in [0.3, 0.4) is 0 Å². The Hall–Kier alpha value is -1.78. The molecule has 0 spiro atoms. The van der Waals surface area contributed by atoms with Crippen LogP contribution in [0.5, 0.6) is 5.75 Å². The quantitative estimate of drug-likeness (QED) is 0.824. The van der Waals surface area contributed by atoms with Crippen molar-refractivity contribution in [3.8, 4) is 5.75 Å². The fourth-order valence-corrected chi connectivity index (χ4v) is 2.89. The minimum atomic E-state index is -0.677. The van der Waals surface area contributed by atoms with Gasteiger partial charge < -0.3 is 10.1 Å². The third kappa shape index (κ3) is 2.89. The summed E-state index contributed by atoms with van der Waals surface area (Å²) in [4.78, 5) is 12.4. The number of carbonyl (C=O) groups excluding carboxylic acids is 1. The zero-order valence-electron chi connectivity index (χ0n) is 11.4. The van der Waals surface area contributed by atoms with Crippen molar-refractivity contribution < 1.29 is 13.9 Å².